The Kier molecular flexibility index (Phi) is 4.89. The Labute approximate surface area is 184 Å². The number of hydrogen-bond donors (Lipinski definition) is 2. The number of aromatic amines is 1. The summed E-state index contributed by atoms with van der Waals surface area (Å²) in [5.74, 6) is 0.738. The molecule has 0 saturated carbocycles. The first-order valence-corrected chi connectivity index (χ1v) is 10.4. The third-order valence-electron chi connectivity index (χ3n) is 5.81. The van der Waals surface area contributed by atoms with E-state index in [0.717, 1.165) is 28.3 Å². The van der Waals surface area contributed by atoms with E-state index in [1.165, 1.54) is 4.52 Å². The molecule has 5 rings (SSSR count). The highest BCUT2D eigenvalue weighted by atomic mass is 16.5. The van der Waals surface area contributed by atoms with Gasteiger partial charge in [-0.2, -0.15) is 0 Å². The van der Waals surface area contributed by atoms with Gasteiger partial charge in [0.25, 0.3) is 5.56 Å². The summed E-state index contributed by atoms with van der Waals surface area (Å²) in [6.07, 6.45) is 0.457. The number of hydrogen-bond acceptors (Lipinski definition) is 4. The average Bonchev–Trinajstić information content (AvgIpc) is 3.25. The number of H-pyrrole nitrogens is 1. The van der Waals surface area contributed by atoms with E-state index < -0.39 is 0 Å². The van der Waals surface area contributed by atoms with Crippen LogP contribution in [0.25, 0.3) is 16.9 Å². The maximum atomic E-state index is 13.1. The quantitative estimate of drug-likeness (QED) is 0.521. The fraction of sp³-hybridized carbons (Fsp3) is 0.208. The topological polar surface area (TPSA) is 91.7 Å². The number of nitrogens with zero attached hydrogens (tertiary/aromatic N) is 3. The fourth-order valence-corrected chi connectivity index (χ4v) is 4.03. The van der Waals surface area contributed by atoms with E-state index in [1.54, 1.807) is 12.0 Å². The number of aromatic nitrogens is 3. The maximum Gasteiger partial charge on any atom is 0.322 e. The van der Waals surface area contributed by atoms with Crippen molar-refractivity contribution in [2.75, 3.05) is 19.0 Å². The monoisotopic (exact) mass is 429 g/mol. The summed E-state index contributed by atoms with van der Waals surface area (Å²) >= 11 is 0. The first-order chi connectivity index (χ1) is 15.5. The van der Waals surface area contributed by atoms with Gasteiger partial charge in [-0.1, -0.05) is 30.3 Å². The van der Waals surface area contributed by atoms with Crippen molar-refractivity contribution in [3.8, 4) is 17.0 Å². The van der Waals surface area contributed by atoms with Gasteiger partial charge < -0.3 is 15.0 Å². The molecular formula is C24H23N5O3. The van der Waals surface area contributed by atoms with Crippen LogP contribution in [-0.4, -0.2) is 39.2 Å². The third kappa shape index (κ3) is 3.49. The summed E-state index contributed by atoms with van der Waals surface area (Å²) in [6.45, 7) is 2.65. The first-order valence-electron chi connectivity index (χ1n) is 10.4. The molecule has 2 aromatic carbocycles. The zero-order chi connectivity index (χ0) is 22.2. The number of aryl methyl sites for hydroxylation is 1. The fourth-order valence-electron chi connectivity index (χ4n) is 4.03. The van der Waals surface area contributed by atoms with E-state index in [0.29, 0.717) is 29.9 Å². The summed E-state index contributed by atoms with van der Waals surface area (Å²) in [5.41, 5.74) is 5.15. The van der Waals surface area contributed by atoms with Crippen molar-refractivity contribution in [3.05, 3.63) is 81.8 Å². The van der Waals surface area contributed by atoms with E-state index in [9.17, 15) is 9.59 Å². The highest BCUT2D eigenvalue weighted by Crippen LogP contribution is 2.23. The molecule has 8 nitrogen and oxygen atoms in total. The lowest BCUT2D eigenvalue weighted by Crippen LogP contribution is -2.41. The maximum absolute atomic E-state index is 13.1. The minimum atomic E-state index is -0.218. The number of nitrogens with one attached hydrogen (secondary N) is 2. The molecule has 0 unspecified atom stereocenters. The molecule has 2 amide bonds. The second-order valence-electron chi connectivity index (χ2n) is 7.85. The molecule has 0 spiro atoms. The molecule has 1 aliphatic rings. The van der Waals surface area contributed by atoms with Gasteiger partial charge in [-0.25, -0.2) is 14.3 Å². The summed E-state index contributed by atoms with van der Waals surface area (Å²) in [4.78, 5) is 32.3. The Morgan fingerprint density at radius 2 is 1.97 bits per heavy atom. The van der Waals surface area contributed by atoms with Crippen molar-refractivity contribution in [1.82, 2.24) is 19.5 Å². The number of carbonyl (C=O) groups is 1. The third-order valence-corrected chi connectivity index (χ3v) is 5.81. The SMILES string of the molecule is COc1ccc(NC(=O)N2CCc3c(nc4cc(-c5ccccc5)[nH]n4c3=O)C2)c(C)c1. The van der Waals surface area contributed by atoms with Gasteiger partial charge in [0, 0.05) is 23.9 Å². The summed E-state index contributed by atoms with van der Waals surface area (Å²) in [5, 5.41) is 6.10. The molecule has 2 N–H and O–H groups in total. The Balaban J connectivity index is 1.41. The van der Waals surface area contributed by atoms with E-state index in [-0.39, 0.29) is 18.1 Å². The highest BCUT2D eigenvalue weighted by Gasteiger charge is 2.25. The summed E-state index contributed by atoms with van der Waals surface area (Å²) in [7, 11) is 1.61. The molecule has 0 atom stereocenters. The van der Waals surface area contributed by atoms with Crippen molar-refractivity contribution in [2.45, 2.75) is 19.9 Å². The second kappa shape index (κ2) is 7.88. The molecule has 0 aliphatic carbocycles. The van der Waals surface area contributed by atoms with Gasteiger partial charge in [0.15, 0.2) is 5.65 Å². The lowest BCUT2D eigenvalue weighted by atomic mass is 10.1. The Bertz CT molecular complexity index is 1370. The van der Waals surface area contributed by atoms with Crippen molar-refractivity contribution in [2.24, 2.45) is 0 Å². The van der Waals surface area contributed by atoms with Crippen LogP contribution in [0.1, 0.15) is 16.8 Å². The standard InChI is InChI=1S/C24H23N5O3/c1-15-12-17(32-2)8-9-19(15)26-24(31)28-11-10-18-21(14-28)25-22-13-20(27-29(22)23(18)30)16-6-4-3-5-7-16/h3-9,12-13,27H,10-11,14H2,1-2H3,(H,26,31). The number of methoxy groups -OCH3 is 1. The van der Waals surface area contributed by atoms with E-state index in [1.807, 2.05) is 61.5 Å². The van der Waals surface area contributed by atoms with Crippen molar-refractivity contribution < 1.29 is 9.53 Å². The molecule has 3 heterocycles. The highest BCUT2D eigenvalue weighted by molar-refractivity contribution is 5.90. The predicted octanol–water partition coefficient (Wildman–Crippen LogP) is 3.60. The van der Waals surface area contributed by atoms with Crippen LogP contribution < -0.4 is 15.6 Å². The average molecular weight is 429 g/mol. The summed E-state index contributed by atoms with van der Waals surface area (Å²) < 4.78 is 6.70. The zero-order valence-corrected chi connectivity index (χ0v) is 17.9. The Morgan fingerprint density at radius 3 is 2.72 bits per heavy atom. The van der Waals surface area contributed by atoms with E-state index >= 15 is 0 Å². The first kappa shape index (κ1) is 19.9. The lowest BCUT2D eigenvalue weighted by molar-refractivity contribution is 0.205. The van der Waals surface area contributed by atoms with Crippen LogP contribution in [0.15, 0.2) is 59.4 Å². The van der Waals surface area contributed by atoms with Gasteiger partial charge in [-0.05, 0) is 42.7 Å². The van der Waals surface area contributed by atoms with Crippen LogP contribution in [-0.2, 0) is 13.0 Å². The molecule has 32 heavy (non-hydrogen) atoms. The second-order valence-corrected chi connectivity index (χ2v) is 7.85. The minimum absolute atomic E-state index is 0.113. The molecule has 0 radical (unpaired) electrons. The molecule has 0 fully saturated rings. The molecule has 4 aromatic rings. The minimum Gasteiger partial charge on any atom is -0.497 e. The predicted molar refractivity (Wildman–Crippen MR) is 122 cm³/mol. The van der Waals surface area contributed by atoms with Gasteiger partial charge in [0.1, 0.15) is 5.75 Å². The van der Waals surface area contributed by atoms with Crippen LogP contribution in [0.5, 0.6) is 5.75 Å². The van der Waals surface area contributed by atoms with Crippen LogP contribution in [0, 0.1) is 6.92 Å². The largest absolute Gasteiger partial charge is 0.497 e. The summed E-state index contributed by atoms with van der Waals surface area (Å²) in [6, 6.07) is 16.9. The Morgan fingerprint density at radius 1 is 1.16 bits per heavy atom. The molecule has 0 bridgehead atoms. The van der Waals surface area contributed by atoms with Crippen LogP contribution in [0.3, 0.4) is 0 Å². The van der Waals surface area contributed by atoms with Gasteiger partial charge in [0.2, 0.25) is 0 Å². The number of carbonyl (C=O) groups excluding carboxylic acids is 1. The molecule has 8 heteroatoms. The van der Waals surface area contributed by atoms with Crippen molar-refractivity contribution in [3.63, 3.8) is 0 Å². The van der Waals surface area contributed by atoms with Gasteiger partial charge in [-0.3, -0.25) is 9.89 Å². The number of fused-ring (bicyclic) bond motifs is 2. The van der Waals surface area contributed by atoms with Gasteiger partial charge >= 0.3 is 6.03 Å². The Hall–Kier alpha value is -4.07. The lowest BCUT2D eigenvalue weighted by Gasteiger charge is -2.28. The smallest absolute Gasteiger partial charge is 0.322 e. The van der Waals surface area contributed by atoms with Crippen LogP contribution in [0.2, 0.25) is 0 Å². The van der Waals surface area contributed by atoms with Crippen molar-refractivity contribution in [1.29, 1.82) is 0 Å². The number of urea groups is 1. The number of ether oxygens (including phenoxy) is 1. The molecule has 2 aromatic heterocycles. The molecular weight excluding hydrogens is 406 g/mol. The van der Waals surface area contributed by atoms with Crippen molar-refractivity contribution >= 4 is 17.4 Å². The molecule has 1 aliphatic heterocycles. The van der Waals surface area contributed by atoms with E-state index in [2.05, 4.69) is 10.4 Å². The van der Waals surface area contributed by atoms with Gasteiger partial charge in [-0.15, -0.1) is 0 Å². The number of anilines is 1. The van der Waals surface area contributed by atoms with Gasteiger partial charge in [0.05, 0.1) is 25.0 Å². The molecule has 162 valence electrons. The normalized spacial score (nSPS) is 13.1. The molecule has 0 saturated heterocycles. The number of benzene rings is 2. The zero-order valence-electron chi connectivity index (χ0n) is 17.9. The van der Waals surface area contributed by atoms with E-state index in [4.69, 9.17) is 9.72 Å². The van der Waals surface area contributed by atoms with Crippen LogP contribution >= 0.6 is 0 Å². The van der Waals surface area contributed by atoms with Crippen LogP contribution in [0.4, 0.5) is 10.5 Å². The number of amides is 2. The number of rotatable bonds is 3.